The molecule has 3 rings (SSSR count). The van der Waals surface area contributed by atoms with Gasteiger partial charge in [-0.15, -0.1) is 21.8 Å². The first-order valence-electron chi connectivity index (χ1n) is 8.92. The van der Waals surface area contributed by atoms with Crippen LogP contribution in [0.1, 0.15) is 19.4 Å². The van der Waals surface area contributed by atoms with Crippen molar-refractivity contribution in [2.45, 2.75) is 20.8 Å². The molecule has 1 aromatic heterocycles. The van der Waals surface area contributed by atoms with Crippen molar-refractivity contribution >= 4 is 23.3 Å². The summed E-state index contributed by atoms with van der Waals surface area (Å²) in [5, 5.41) is 8.76. The third kappa shape index (κ3) is 3.98. The van der Waals surface area contributed by atoms with Gasteiger partial charge in [0.15, 0.2) is 5.82 Å². The van der Waals surface area contributed by atoms with Crippen LogP contribution in [0.25, 0.3) is 11.3 Å². The Balaban J connectivity index is 1.63. The zero-order chi connectivity index (χ0) is 18.7. The molecule has 0 radical (unpaired) electrons. The predicted octanol–water partition coefficient (Wildman–Crippen LogP) is 3.37. The summed E-state index contributed by atoms with van der Waals surface area (Å²) in [4.78, 5) is 16.6. The van der Waals surface area contributed by atoms with Gasteiger partial charge in [-0.05, 0) is 32.9 Å². The van der Waals surface area contributed by atoms with E-state index in [1.54, 1.807) is 0 Å². The Labute approximate surface area is 160 Å². The summed E-state index contributed by atoms with van der Waals surface area (Å²) in [5.41, 5.74) is 2.64. The lowest BCUT2D eigenvalue weighted by Gasteiger charge is -2.38. The van der Waals surface area contributed by atoms with Gasteiger partial charge in [-0.25, -0.2) is 0 Å². The van der Waals surface area contributed by atoms with E-state index in [-0.39, 0.29) is 5.91 Å². The van der Waals surface area contributed by atoms with Gasteiger partial charge in [-0.2, -0.15) is 0 Å². The second-order valence-electron chi connectivity index (χ2n) is 7.44. The molecule has 2 heterocycles. The molecule has 2 aromatic rings. The third-order valence-corrected chi connectivity index (χ3v) is 5.47. The summed E-state index contributed by atoms with van der Waals surface area (Å²) in [6.45, 7) is 8.72. The van der Waals surface area contributed by atoms with Gasteiger partial charge in [-0.3, -0.25) is 4.79 Å². The SMILES string of the molecule is Cc1ccc(-c2ccc(N3CCN(C(=O)C(C)(C)CCl)CC3)nn2)cc1. The number of carbonyl (C=O) groups is 1. The lowest BCUT2D eigenvalue weighted by molar-refractivity contribution is -0.139. The second kappa shape index (κ2) is 7.62. The molecule has 0 aliphatic carbocycles. The lowest BCUT2D eigenvalue weighted by atomic mass is 9.94. The Morgan fingerprint density at radius 1 is 1.04 bits per heavy atom. The summed E-state index contributed by atoms with van der Waals surface area (Å²) in [6.07, 6.45) is 0. The Bertz CT molecular complexity index is 750. The van der Waals surface area contributed by atoms with Gasteiger partial charge in [0.2, 0.25) is 5.91 Å². The second-order valence-corrected chi connectivity index (χ2v) is 7.71. The maximum absolute atomic E-state index is 12.5. The molecule has 1 aromatic carbocycles. The molecular formula is C20H25ClN4O. The number of carbonyl (C=O) groups excluding carboxylic acids is 1. The van der Waals surface area contributed by atoms with Crippen LogP contribution in [0.15, 0.2) is 36.4 Å². The molecule has 1 amide bonds. The van der Waals surface area contributed by atoms with E-state index >= 15 is 0 Å². The first-order chi connectivity index (χ1) is 12.4. The maximum atomic E-state index is 12.5. The van der Waals surface area contributed by atoms with Crippen molar-refractivity contribution in [3.8, 4) is 11.3 Å². The zero-order valence-corrected chi connectivity index (χ0v) is 16.3. The van der Waals surface area contributed by atoms with Crippen molar-refractivity contribution in [1.29, 1.82) is 0 Å². The fourth-order valence-corrected chi connectivity index (χ4v) is 3.11. The first kappa shape index (κ1) is 18.6. The molecule has 6 heteroatoms. The number of nitrogens with zero attached hydrogens (tertiary/aromatic N) is 4. The number of halogens is 1. The molecule has 1 fully saturated rings. The molecule has 1 saturated heterocycles. The van der Waals surface area contributed by atoms with Crippen molar-refractivity contribution in [2.75, 3.05) is 37.0 Å². The van der Waals surface area contributed by atoms with E-state index in [2.05, 4.69) is 46.3 Å². The van der Waals surface area contributed by atoms with Crippen LogP contribution in [-0.2, 0) is 4.79 Å². The minimum atomic E-state index is -0.515. The Morgan fingerprint density at radius 3 is 2.23 bits per heavy atom. The van der Waals surface area contributed by atoms with Gasteiger partial charge in [0.05, 0.1) is 11.1 Å². The van der Waals surface area contributed by atoms with E-state index in [1.807, 2.05) is 30.9 Å². The number of hydrogen-bond donors (Lipinski definition) is 0. The highest BCUT2D eigenvalue weighted by molar-refractivity contribution is 6.19. The quantitative estimate of drug-likeness (QED) is 0.772. The highest BCUT2D eigenvalue weighted by Crippen LogP contribution is 2.23. The van der Waals surface area contributed by atoms with Crippen LogP contribution >= 0.6 is 11.6 Å². The molecule has 0 N–H and O–H groups in total. The van der Waals surface area contributed by atoms with E-state index in [0.717, 1.165) is 30.2 Å². The third-order valence-electron chi connectivity index (χ3n) is 4.80. The van der Waals surface area contributed by atoms with Crippen LogP contribution in [0.4, 0.5) is 5.82 Å². The molecule has 1 aliphatic heterocycles. The van der Waals surface area contributed by atoms with Gasteiger partial charge in [-0.1, -0.05) is 29.8 Å². The topological polar surface area (TPSA) is 49.3 Å². The number of aromatic nitrogens is 2. The lowest BCUT2D eigenvalue weighted by Crippen LogP contribution is -2.52. The molecule has 0 bridgehead atoms. The van der Waals surface area contributed by atoms with Crippen LogP contribution in [0.3, 0.4) is 0 Å². The number of hydrogen-bond acceptors (Lipinski definition) is 4. The summed E-state index contributed by atoms with van der Waals surface area (Å²) < 4.78 is 0. The smallest absolute Gasteiger partial charge is 0.229 e. The number of piperazine rings is 1. The van der Waals surface area contributed by atoms with E-state index in [0.29, 0.717) is 19.0 Å². The Kier molecular flexibility index (Phi) is 5.47. The molecular weight excluding hydrogens is 348 g/mol. The predicted molar refractivity (Wildman–Crippen MR) is 105 cm³/mol. The minimum Gasteiger partial charge on any atom is -0.352 e. The fraction of sp³-hybridized carbons (Fsp3) is 0.450. The molecule has 0 atom stereocenters. The zero-order valence-electron chi connectivity index (χ0n) is 15.6. The normalized spacial score (nSPS) is 15.2. The van der Waals surface area contributed by atoms with Crippen molar-refractivity contribution in [3.63, 3.8) is 0 Å². The largest absolute Gasteiger partial charge is 0.352 e. The van der Waals surface area contributed by atoms with Gasteiger partial charge < -0.3 is 9.80 Å². The molecule has 5 nitrogen and oxygen atoms in total. The molecule has 1 aliphatic rings. The van der Waals surface area contributed by atoms with E-state index in [9.17, 15) is 4.79 Å². The first-order valence-corrected chi connectivity index (χ1v) is 9.45. The molecule has 26 heavy (non-hydrogen) atoms. The molecule has 0 spiro atoms. The van der Waals surface area contributed by atoms with Crippen LogP contribution in [0.5, 0.6) is 0 Å². The van der Waals surface area contributed by atoms with Crippen LogP contribution in [0, 0.1) is 12.3 Å². The number of anilines is 1. The van der Waals surface area contributed by atoms with Crippen LogP contribution < -0.4 is 4.90 Å². The van der Waals surface area contributed by atoms with Crippen molar-refractivity contribution in [1.82, 2.24) is 15.1 Å². The Morgan fingerprint density at radius 2 is 1.69 bits per heavy atom. The number of benzene rings is 1. The number of amides is 1. The van der Waals surface area contributed by atoms with Gasteiger partial charge in [0.1, 0.15) is 0 Å². The van der Waals surface area contributed by atoms with E-state index in [1.165, 1.54) is 5.56 Å². The maximum Gasteiger partial charge on any atom is 0.229 e. The van der Waals surface area contributed by atoms with E-state index in [4.69, 9.17) is 11.6 Å². The average molecular weight is 373 g/mol. The summed E-state index contributed by atoms with van der Waals surface area (Å²) >= 11 is 5.93. The standard InChI is InChI=1S/C20H25ClN4O/c1-15-4-6-16(7-5-15)17-8-9-18(23-22-17)24-10-12-25(13-11-24)19(26)20(2,3)14-21/h4-9H,10-14H2,1-3H3. The summed E-state index contributed by atoms with van der Waals surface area (Å²) in [6, 6.07) is 12.3. The number of alkyl halides is 1. The summed E-state index contributed by atoms with van der Waals surface area (Å²) in [5.74, 6) is 1.30. The van der Waals surface area contributed by atoms with Crippen molar-refractivity contribution in [3.05, 3.63) is 42.0 Å². The molecule has 0 unspecified atom stereocenters. The average Bonchev–Trinajstić information content (AvgIpc) is 2.68. The highest BCUT2D eigenvalue weighted by atomic mass is 35.5. The van der Waals surface area contributed by atoms with Crippen LogP contribution in [0.2, 0.25) is 0 Å². The summed E-state index contributed by atoms with van der Waals surface area (Å²) in [7, 11) is 0. The monoisotopic (exact) mass is 372 g/mol. The van der Waals surface area contributed by atoms with Gasteiger partial charge in [0, 0.05) is 37.6 Å². The number of aryl methyl sites for hydroxylation is 1. The van der Waals surface area contributed by atoms with E-state index < -0.39 is 5.41 Å². The highest BCUT2D eigenvalue weighted by Gasteiger charge is 2.33. The van der Waals surface area contributed by atoms with Crippen LogP contribution in [-0.4, -0.2) is 53.1 Å². The van der Waals surface area contributed by atoms with Gasteiger partial charge >= 0.3 is 0 Å². The molecule has 138 valence electrons. The Hall–Kier alpha value is -2.14. The van der Waals surface area contributed by atoms with Crippen molar-refractivity contribution < 1.29 is 4.79 Å². The minimum absolute atomic E-state index is 0.118. The molecule has 0 saturated carbocycles. The van der Waals surface area contributed by atoms with Gasteiger partial charge in [0.25, 0.3) is 0 Å². The number of rotatable bonds is 4. The fourth-order valence-electron chi connectivity index (χ4n) is 3.00. The van der Waals surface area contributed by atoms with Crippen molar-refractivity contribution in [2.24, 2.45) is 5.41 Å².